The van der Waals surface area contributed by atoms with Gasteiger partial charge in [0.15, 0.2) is 0 Å². The first kappa shape index (κ1) is 3.34. The molecule has 0 heteroatoms. The van der Waals surface area contributed by atoms with E-state index in [9.17, 15) is 0 Å². The van der Waals surface area contributed by atoms with Crippen LogP contribution in [0.4, 0.5) is 0 Å². The second-order valence-corrected chi connectivity index (χ2v) is 3.25. The Morgan fingerprint density at radius 3 is 2.33 bits per heavy atom. The summed E-state index contributed by atoms with van der Waals surface area (Å²) in [4.78, 5) is 0. The van der Waals surface area contributed by atoms with E-state index in [4.69, 9.17) is 12.3 Å². The minimum Gasteiger partial charge on any atom is -0.0616 e. The largest absolute Gasteiger partial charge is 0.0632 e. The first-order valence-electron chi connectivity index (χ1n) is 9.00. The van der Waals surface area contributed by atoms with E-state index in [1.807, 2.05) is 0 Å². The molecule has 0 aliphatic heterocycles. The average molecular weight is 201 g/mol. The average Bonchev–Trinajstić information content (AvgIpc) is 2.56. The summed E-state index contributed by atoms with van der Waals surface area (Å²) in [5, 5.41) is -0.253. The zero-order valence-electron chi connectivity index (χ0n) is 17.0. The Bertz CT molecular complexity index is 969. The molecule has 0 bridgehead atoms. The molecule has 3 aromatic rings. The molecule has 0 N–H and O–H groups in total. The van der Waals surface area contributed by atoms with Crippen molar-refractivity contribution in [1.29, 1.82) is 0 Å². The summed E-state index contributed by atoms with van der Waals surface area (Å²) >= 11 is 0. The highest BCUT2D eigenvalue weighted by molar-refractivity contribution is 6.07. The summed E-state index contributed by atoms with van der Waals surface area (Å²) in [6, 6.07) is -3.38. The molecule has 0 spiro atoms. The van der Waals surface area contributed by atoms with Crippen LogP contribution < -0.4 is 0 Å². The predicted molar refractivity (Wildman–Crippen MR) is 66.2 cm³/mol. The molecule has 0 atom stereocenters. The molecular formula is C15H12. The molecular weight excluding hydrogens is 180 g/mol. The van der Waals surface area contributed by atoms with Gasteiger partial charge in [0.05, 0.1) is 12.3 Å². The highest BCUT2D eigenvalue weighted by Gasteiger charge is 1.99. The second-order valence-electron chi connectivity index (χ2n) is 3.25. The van der Waals surface area contributed by atoms with Crippen LogP contribution in [0.2, 0.25) is 0 Å². The van der Waals surface area contributed by atoms with Crippen LogP contribution in [-0.4, -0.2) is 0 Å². The maximum absolute atomic E-state index is 8.27. The number of hydrogen-bond acceptors (Lipinski definition) is 0. The number of benzene rings is 3. The van der Waals surface area contributed by atoms with Crippen molar-refractivity contribution in [2.24, 2.45) is 0 Å². The van der Waals surface area contributed by atoms with Gasteiger partial charge in [-0.15, -0.1) is 0 Å². The van der Waals surface area contributed by atoms with Crippen molar-refractivity contribution in [2.45, 2.75) is 6.92 Å². The molecule has 0 unspecified atom stereocenters. The molecule has 0 aliphatic carbocycles. The highest BCUT2D eigenvalue weighted by Crippen LogP contribution is 2.25. The molecule has 0 saturated heterocycles. The van der Waals surface area contributed by atoms with Crippen molar-refractivity contribution in [1.82, 2.24) is 0 Å². The van der Waals surface area contributed by atoms with Gasteiger partial charge in [0, 0.05) is 0 Å². The van der Waals surface area contributed by atoms with Gasteiger partial charge in [-0.1, -0.05) is 59.9 Å². The van der Waals surface area contributed by atoms with E-state index in [0.29, 0.717) is 0 Å². The van der Waals surface area contributed by atoms with Crippen molar-refractivity contribution < 1.29 is 12.3 Å². The molecule has 0 aliphatic rings. The third kappa shape index (κ3) is 1.30. The Labute approximate surface area is 102 Å². The van der Waals surface area contributed by atoms with Crippen LogP contribution in [0.3, 0.4) is 0 Å². The maximum Gasteiger partial charge on any atom is 0.0632 e. The van der Waals surface area contributed by atoms with Gasteiger partial charge in [-0.2, -0.15) is 0 Å². The van der Waals surface area contributed by atoms with E-state index in [0.717, 1.165) is 0 Å². The van der Waals surface area contributed by atoms with Gasteiger partial charge in [0.1, 0.15) is 0 Å². The van der Waals surface area contributed by atoms with Crippen LogP contribution in [0, 0.1) is 6.92 Å². The topological polar surface area (TPSA) is 0 Å². The predicted octanol–water partition coefficient (Wildman–Crippen LogP) is 4.30. The van der Waals surface area contributed by atoms with Crippen molar-refractivity contribution >= 4 is 21.5 Å². The fourth-order valence-electron chi connectivity index (χ4n) is 1.50. The van der Waals surface area contributed by atoms with E-state index in [2.05, 4.69) is 0 Å². The quantitative estimate of drug-likeness (QED) is 0.476. The second kappa shape index (κ2) is 3.09. The third-order valence-electron chi connectivity index (χ3n) is 2.19. The molecule has 15 heavy (non-hydrogen) atoms. The van der Waals surface area contributed by atoms with Gasteiger partial charge in [-0.3, -0.25) is 0 Å². The molecule has 3 aromatic carbocycles. The van der Waals surface area contributed by atoms with Crippen molar-refractivity contribution in [3.05, 3.63) is 59.9 Å². The van der Waals surface area contributed by atoms with E-state index in [1.165, 1.54) is 6.92 Å². The molecule has 72 valence electrons. The van der Waals surface area contributed by atoms with Gasteiger partial charge in [0.25, 0.3) is 0 Å². The zero-order chi connectivity index (χ0) is 18.1. The van der Waals surface area contributed by atoms with Crippen molar-refractivity contribution in [2.75, 3.05) is 0 Å². The third-order valence-corrected chi connectivity index (χ3v) is 2.19. The molecule has 0 fully saturated rings. The van der Waals surface area contributed by atoms with E-state index < -0.39 is 36.3 Å². The van der Waals surface area contributed by atoms with Crippen LogP contribution in [-0.2, 0) is 0 Å². The summed E-state index contributed by atoms with van der Waals surface area (Å²) in [5.74, 6) is 0. The minimum atomic E-state index is -0.508. The Morgan fingerprint density at radius 1 is 0.800 bits per heavy atom. The smallest absolute Gasteiger partial charge is 0.0616 e. The van der Waals surface area contributed by atoms with Gasteiger partial charge in [0.2, 0.25) is 0 Å². The van der Waals surface area contributed by atoms with Crippen LogP contribution >= 0.6 is 0 Å². The molecule has 0 radical (unpaired) electrons. The highest BCUT2D eigenvalue weighted by atomic mass is 14.0. The van der Waals surface area contributed by atoms with E-state index >= 15 is 0 Å². The fourth-order valence-corrected chi connectivity index (χ4v) is 1.50. The van der Waals surface area contributed by atoms with Crippen molar-refractivity contribution in [3.63, 3.8) is 0 Å². The molecule has 0 aromatic heterocycles. The number of rotatable bonds is 0. The fraction of sp³-hybridized carbons (Fsp3) is 0.0667. The lowest BCUT2D eigenvalue weighted by Gasteiger charge is -2.04. The minimum absolute atomic E-state index is 0.0245. The summed E-state index contributed by atoms with van der Waals surface area (Å²) < 4.78 is 72.3. The SMILES string of the molecule is [2H]c1c([2H])c([2H])c2c(c1[2H])c([2H])c([2H])c1c([2H])c([2H])c(C)c([2H])c12. The maximum atomic E-state index is 8.27. The van der Waals surface area contributed by atoms with Gasteiger partial charge in [-0.25, -0.2) is 0 Å². The van der Waals surface area contributed by atoms with E-state index in [1.54, 1.807) is 0 Å². The van der Waals surface area contributed by atoms with E-state index in [-0.39, 0.29) is 45.2 Å². The van der Waals surface area contributed by atoms with Crippen LogP contribution in [0.15, 0.2) is 54.4 Å². The molecule has 0 nitrogen and oxygen atoms in total. The Morgan fingerprint density at radius 2 is 1.47 bits per heavy atom. The Hall–Kier alpha value is -1.82. The summed E-state index contributed by atoms with van der Waals surface area (Å²) in [6.45, 7) is 1.48. The molecule has 0 heterocycles. The molecule has 0 saturated carbocycles. The first-order chi connectivity index (χ1) is 11.1. The van der Waals surface area contributed by atoms with Crippen LogP contribution in [0.25, 0.3) is 21.5 Å². The summed E-state index contributed by atoms with van der Waals surface area (Å²) in [5.41, 5.74) is 0.193. The monoisotopic (exact) mass is 201 g/mol. The Balaban J connectivity index is 2.87. The van der Waals surface area contributed by atoms with Gasteiger partial charge < -0.3 is 0 Å². The number of fused-ring (bicyclic) bond motifs is 3. The lowest BCUT2D eigenvalue weighted by atomic mass is 10.0. The van der Waals surface area contributed by atoms with Gasteiger partial charge in [-0.05, 0) is 28.5 Å². The first-order valence-corrected chi connectivity index (χ1v) is 4.50. The number of hydrogen-bond donors (Lipinski definition) is 0. The standard InChI is InChI=1S/C15H12/c1-11-6-7-13-9-8-12-4-2-3-5-14(12)15(13)10-11/h2-10H,1H3/i2D,3D,4D,5D,6D,7D,8D,9D,10D. The van der Waals surface area contributed by atoms with Crippen molar-refractivity contribution in [3.8, 4) is 0 Å². The molecule has 3 rings (SSSR count). The zero-order valence-corrected chi connectivity index (χ0v) is 8.00. The Kier molecular flexibility index (Phi) is 0.690. The van der Waals surface area contributed by atoms with Gasteiger partial charge >= 0.3 is 0 Å². The van der Waals surface area contributed by atoms with Crippen LogP contribution in [0.1, 0.15) is 17.9 Å². The lowest BCUT2D eigenvalue weighted by Crippen LogP contribution is -1.78. The summed E-state index contributed by atoms with van der Waals surface area (Å²) in [7, 11) is 0. The molecule has 0 amide bonds. The normalized spacial score (nSPS) is 19.4. The summed E-state index contributed by atoms with van der Waals surface area (Å²) in [6.07, 6.45) is 0. The van der Waals surface area contributed by atoms with Crippen LogP contribution in [0.5, 0.6) is 0 Å². The lowest BCUT2D eigenvalue weighted by molar-refractivity contribution is 1.51.